The van der Waals surface area contributed by atoms with E-state index in [1.807, 2.05) is 0 Å². The van der Waals surface area contributed by atoms with Gasteiger partial charge in [-0.05, 0) is 33.3 Å². The number of rotatable bonds is 7. The van der Waals surface area contributed by atoms with E-state index in [-0.39, 0.29) is 31.8 Å². The molecular weight excluding hydrogens is 681 g/mol. The molecule has 0 bridgehead atoms. The fraction of sp³-hybridized carbons (Fsp3) is 0.467. The van der Waals surface area contributed by atoms with E-state index in [1.165, 1.54) is 15.1 Å². The van der Waals surface area contributed by atoms with Gasteiger partial charge in [-0.1, -0.05) is 6.92 Å². The molecule has 2 unspecified atom stereocenters. The highest BCUT2D eigenvalue weighted by atomic mass is 19.4. The number of carbonyl (C=O) groups is 2. The van der Waals surface area contributed by atoms with E-state index >= 15 is 13.2 Å². The van der Waals surface area contributed by atoms with Gasteiger partial charge in [0.25, 0.3) is 5.91 Å². The lowest BCUT2D eigenvalue weighted by Crippen LogP contribution is -2.57. The van der Waals surface area contributed by atoms with Gasteiger partial charge >= 0.3 is 18.2 Å². The second kappa shape index (κ2) is 13.4. The summed E-state index contributed by atoms with van der Waals surface area (Å²) in [5.74, 6) is -13.7. The summed E-state index contributed by atoms with van der Waals surface area (Å²) in [7, 11) is 0. The Morgan fingerprint density at radius 1 is 1.02 bits per heavy atom. The predicted molar refractivity (Wildman–Crippen MR) is 156 cm³/mol. The van der Waals surface area contributed by atoms with Gasteiger partial charge in [-0.2, -0.15) is 22.0 Å². The number of halogens is 9. The van der Waals surface area contributed by atoms with Crippen molar-refractivity contribution in [2.75, 3.05) is 31.1 Å². The summed E-state index contributed by atoms with van der Waals surface area (Å²) < 4.78 is 133. The summed E-state index contributed by atoms with van der Waals surface area (Å²) in [4.78, 5) is 45.6. The molecule has 3 aromatic rings. The number of aliphatic hydroxyl groups is 1. The number of anilines is 1. The number of alkyl halides is 5. The van der Waals surface area contributed by atoms with E-state index in [0.29, 0.717) is 16.8 Å². The summed E-state index contributed by atoms with van der Waals surface area (Å²) in [5, 5.41) is 10.5. The smallest absolute Gasteiger partial charge is 0.444 e. The van der Waals surface area contributed by atoms with Crippen molar-refractivity contribution in [2.45, 2.75) is 63.9 Å². The van der Waals surface area contributed by atoms with Gasteiger partial charge in [0.15, 0.2) is 28.9 Å². The number of piperazine rings is 1. The number of nitrogens with one attached hydrogen (secondary N) is 1. The van der Waals surface area contributed by atoms with E-state index < -0.39 is 112 Å². The van der Waals surface area contributed by atoms with Crippen LogP contribution in [-0.2, 0) is 4.74 Å². The number of fused-ring (bicyclic) bond motifs is 1. The molecule has 19 heteroatoms. The van der Waals surface area contributed by atoms with Gasteiger partial charge in [-0.25, -0.2) is 27.3 Å². The van der Waals surface area contributed by atoms with Gasteiger partial charge in [0.05, 0.1) is 18.0 Å². The monoisotopic (exact) mass is 711 g/mol. The molecule has 2 N–H and O–H groups in total. The first-order valence-electron chi connectivity index (χ1n) is 14.6. The van der Waals surface area contributed by atoms with Crippen LogP contribution >= 0.6 is 0 Å². The third-order valence-corrected chi connectivity index (χ3v) is 7.53. The third-order valence-electron chi connectivity index (χ3n) is 7.53. The highest BCUT2D eigenvalue weighted by Gasteiger charge is 2.62. The second-order valence-electron chi connectivity index (χ2n) is 12.1. The van der Waals surface area contributed by atoms with Crippen molar-refractivity contribution in [1.82, 2.24) is 19.8 Å². The number of aromatic nitrogens is 2. The standard InChI is InChI=1S/C30H30F9N5O5/c1-5-21(29(35,36)30(37,38)39)40-26(47)17-12-44(22-18(32)8-14(31)9-19(22)33)24-16(23(17)46)10-20(34)25(41-24)42-6-7-43(15(11-42)13-45)27(48)49-28(2,3)4/h8-10,12,15,21,45H,5-7,11,13H2,1-4H3,(H,40,47). The Morgan fingerprint density at radius 3 is 2.16 bits per heavy atom. The lowest BCUT2D eigenvalue weighted by Gasteiger charge is -2.41. The van der Waals surface area contributed by atoms with Gasteiger partial charge in [0.1, 0.15) is 28.7 Å². The topological polar surface area (TPSA) is 117 Å². The number of amides is 2. The molecule has 0 radical (unpaired) electrons. The molecule has 1 aliphatic rings. The fourth-order valence-corrected chi connectivity index (χ4v) is 5.18. The Balaban J connectivity index is 1.87. The largest absolute Gasteiger partial charge is 0.455 e. The zero-order valence-electron chi connectivity index (χ0n) is 26.3. The average Bonchev–Trinajstić information content (AvgIpc) is 2.98. The van der Waals surface area contributed by atoms with Crippen LogP contribution in [0.5, 0.6) is 0 Å². The minimum atomic E-state index is -6.11. The minimum Gasteiger partial charge on any atom is -0.444 e. The maximum absolute atomic E-state index is 15.7. The SMILES string of the molecule is CCC(NC(=O)c1cn(-c2c(F)cc(F)cc2F)c2nc(N3CCN(C(=O)OC(C)(C)C)C(CO)C3)c(F)cc2c1=O)C(F)(F)C(F)(F)F. The van der Waals surface area contributed by atoms with Gasteiger partial charge in [-0.3, -0.25) is 19.1 Å². The molecule has 0 aliphatic carbocycles. The molecule has 268 valence electrons. The molecule has 2 aromatic heterocycles. The lowest BCUT2D eigenvalue weighted by molar-refractivity contribution is -0.292. The first-order chi connectivity index (χ1) is 22.6. The summed E-state index contributed by atoms with van der Waals surface area (Å²) in [6.07, 6.45) is -7.47. The summed E-state index contributed by atoms with van der Waals surface area (Å²) in [5.41, 5.74) is -5.47. The van der Waals surface area contributed by atoms with E-state index in [9.17, 15) is 45.8 Å². The maximum Gasteiger partial charge on any atom is 0.455 e. The van der Waals surface area contributed by atoms with E-state index in [0.717, 1.165) is 6.92 Å². The highest BCUT2D eigenvalue weighted by Crippen LogP contribution is 2.39. The average molecular weight is 712 g/mol. The van der Waals surface area contributed by atoms with Crippen molar-refractivity contribution >= 4 is 28.9 Å². The van der Waals surface area contributed by atoms with Crippen LogP contribution < -0.4 is 15.6 Å². The molecule has 4 rings (SSSR count). The zero-order chi connectivity index (χ0) is 36.8. The van der Waals surface area contributed by atoms with Crippen molar-refractivity contribution in [2.24, 2.45) is 0 Å². The fourth-order valence-electron chi connectivity index (χ4n) is 5.18. The number of hydrogen-bond acceptors (Lipinski definition) is 7. The van der Waals surface area contributed by atoms with Crippen molar-refractivity contribution in [1.29, 1.82) is 0 Å². The molecule has 3 heterocycles. The number of carbonyl (C=O) groups excluding carboxylic acids is 2. The Kier molecular flexibility index (Phi) is 10.2. The second-order valence-corrected chi connectivity index (χ2v) is 12.1. The van der Waals surface area contributed by atoms with Gasteiger partial charge < -0.3 is 20.1 Å². The molecular formula is C30H30F9N5O5. The van der Waals surface area contributed by atoms with E-state index in [1.54, 1.807) is 20.8 Å². The number of hydrogen-bond donors (Lipinski definition) is 2. The molecule has 10 nitrogen and oxygen atoms in total. The maximum atomic E-state index is 15.7. The van der Waals surface area contributed by atoms with Gasteiger partial charge in [0.2, 0.25) is 5.43 Å². The molecule has 0 spiro atoms. The molecule has 2 amide bonds. The van der Waals surface area contributed by atoms with Crippen LogP contribution in [0.1, 0.15) is 44.5 Å². The molecule has 1 aliphatic heterocycles. The number of ether oxygens (including phenoxy) is 1. The summed E-state index contributed by atoms with van der Waals surface area (Å²) >= 11 is 0. The van der Waals surface area contributed by atoms with Crippen molar-refractivity contribution in [3.63, 3.8) is 0 Å². The number of nitrogens with zero attached hydrogens (tertiary/aromatic N) is 4. The Bertz CT molecular complexity index is 1800. The zero-order valence-corrected chi connectivity index (χ0v) is 26.3. The first-order valence-corrected chi connectivity index (χ1v) is 14.6. The normalized spacial score (nSPS) is 16.6. The van der Waals surface area contributed by atoms with Crippen molar-refractivity contribution < 1.29 is 58.9 Å². The molecule has 1 saturated heterocycles. The number of benzene rings is 1. The number of pyridine rings is 2. The van der Waals surface area contributed by atoms with Gasteiger partial charge in [-0.15, -0.1) is 0 Å². The number of aliphatic hydroxyl groups excluding tert-OH is 1. The molecule has 49 heavy (non-hydrogen) atoms. The molecule has 0 saturated carbocycles. The molecule has 1 fully saturated rings. The molecule has 2 atom stereocenters. The quantitative estimate of drug-likeness (QED) is 0.329. The van der Waals surface area contributed by atoms with Crippen LogP contribution in [0.4, 0.5) is 50.1 Å². The summed E-state index contributed by atoms with van der Waals surface area (Å²) in [6, 6.07) is -2.93. The summed E-state index contributed by atoms with van der Waals surface area (Å²) in [6.45, 7) is 4.59. The van der Waals surface area contributed by atoms with E-state index in [2.05, 4.69) is 4.98 Å². The Hall–Kier alpha value is -4.55. The highest BCUT2D eigenvalue weighted by molar-refractivity contribution is 5.97. The Morgan fingerprint density at radius 2 is 1.63 bits per heavy atom. The van der Waals surface area contributed by atoms with Crippen LogP contribution in [0, 0.1) is 23.3 Å². The van der Waals surface area contributed by atoms with Crippen LogP contribution in [0.3, 0.4) is 0 Å². The van der Waals surface area contributed by atoms with Crippen LogP contribution in [-0.4, -0.2) is 87.6 Å². The van der Waals surface area contributed by atoms with Crippen molar-refractivity contribution in [3.05, 3.63) is 63.5 Å². The van der Waals surface area contributed by atoms with E-state index in [4.69, 9.17) is 4.74 Å². The predicted octanol–water partition coefficient (Wildman–Crippen LogP) is 5.07. The van der Waals surface area contributed by atoms with Crippen LogP contribution in [0.2, 0.25) is 0 Å². The minimum absolute atomic E-state index is 0.131. The third kappa shape index (κ3) is 7.40. The molecule has 1 aromatic carbocycles. The van der Waals surface area contributed by atoms with Gasteiger partial charge in [0, 0.05) is 38.0 Å². The first kappa shape index (κ1) is 37.3. The Labute approximate surface area is 272 Å². The lowest BCUT2D eigenvalue weighted by atomic mass is 10.1. The van der Waals surface area contributed by atoms with Crippen LogP contribution in [0.15, 0.2) is 29.2 Å². The van der Waals surface area contributed by atoms with Crippen molar-refractivity contribution in [3.8, 4) is 5.69 Å². The van der Waals surface area contributed by atoms with Crippen LogP contribution in [0.25, 0.3) is 16.7 Å².